The van der Waals surface area contributed by atoms with Gasteiger partial charge in [0.1, 0.15) is 10.8 Å². The van der Waals surface area contributed by atoms with Gasteiger partial charge in [0.25, 0.3) is 0 Å². The van der Waals surface area contributed by atoms with Crippen LogP contribution in [0.4, 0.5) is 10.8 Å². The molecule has 0 bridgehead atoms. The highest BCUT2D eigenvalue weighted by atomic mass is 32.1. The third kappa shape index (κ3) is 3.23. The Hall–Kier alpha value is -1.18. The molecule has 0 aromatic carbocycles. The molecule has 0 aliphatic carbocycles. The topological polar surface area (TPSA) is 64.3 Å². The van der Waals surface area contributed by atoms with E-state index in [4.69, 9.17) is 10.5 Å². The Morgan fingerprint density at radius 2 is 2.26 bits per heavy atom. The maximum atomic E-state index is 5.99. The number of nitrogens with zero attached hydrogens (tertiary/aromatic N) is 3. The van der Waals surface area contributed by atoms with Crippen LogP contribution in [0.25, 0.3) is 11.3 Å². The van der Waals surface area contributed by atoms with Crippen LogP contribution in [0.3, 0.4) is 0 Å². The van der Waals surface area contributed by atoms with Crippen LogP contribution < -0.4 is 10.6 Å². The molecule has 19 heavy (non-hydrogen) atoms. The van der Waals surface area contributed by atoms with Crippen LogP contribution in [0.1, 0.15) is 11.4 Å². The van der Waals surface area contributed by atoms with E-state index in [1.165, 1.54) is 11.5 Å². The van der Waals surface area contributed by atoms with Crippen molar-refractivity contribution in [2.24, 2.45) is 0 Å². The van der Waals surface area contributed by atoms with Crippen LogP contribution in [0.15, 0.2) is 5.38 Å². The van der Waals surface area contributed by atoms with Crippen molar-refractivity contribution in [3.05, 3.63) is 10.4 Å². The average molecular weight is 298 g/mol. The van der Waals surface area contributed by atoms with Crippen molar-refractivity contribution in [1.29, 1.82) is 0 Å². The standard InChI is InChI=1S/C12H18N4OS2/c1-8-14-9(7-18-8)10-11(13)15-19-12(10)16(2)5-4-6-17-3/h7H,4-6H2,1-3H3,(H2,13,15). The molecule has 104 valence electrons. The molecule has 0 unspecified atom stereocenters. The maximum Gasteiger partial charge on any atom is 0.148 e. The number of thiazole rings is 1. The van der Waals surface area contributed by atoms with Gasteiger partial charge in [-0.3, -0.25) is 0 Å². The number of aryl methyl sites for hydroxylation is 1. The minimum atomic E-state index is 0.559. The smallest absolute Gasteiger partial charge is 0.148 e. The maximum absolute atomic E-state index is 5.99. The fourth-order valence-electron chi connectivity index (χ4n) is 1.82. The van der Waals surface area contributed by atoms with Gasteiger partial charge in [-0.1, -0.05) is 0 Å². The van der Waals surface area contributed by atoms with Gasteiger partial charge in [-0.2, -0.15) is 4.37 Å². The van der Waals surface area contributed by atoms with E-state index < -0.39 is 0 Å². The summed E-state index contributed by atoms with van der Waals surface area (Å²) in [5.41, 5.74) is 7.86. The molecule has 5 nitrogen and oxygen atoms in total. The molecule has 0 amide bonds. The summed E-state index contributed by atoms with van der Waals surface area (Å²) in [6, 6.07) is 0. The molecular weight excluding hydrogens is 280 g/mol. The molecule has 2 aromatic heterocycles. The number of ether oxygens (including phenoxy) is 1. The monoisotopic (exact) mass is 298 g/mol. The fourth-order valence-corrected chi connectivity index (χ4v) is 3.23. The first-order valence-corrected chi connectivity index (χ1v) is 7.66. The molecule has 0 atom stereocenters. The number of nitrogens with two attached hydrogens (primary N) is 1. The summed E-state index contributed by atoms with van der Waals surface area (Å²) in [6.07, 6.45) is 0.973. The predicted molar refractivity (Wildman–Crippen MR) is 82.1 cm³/mol. The van der Waals surface area contributed by atoms with Gasteiger partial charge in [0.2, 0.25) is 0 Å². The van der Waals surface area contributed by atoms with E-state index in [0.29, 0.717) is 5.82 Å². The molecule has 2 aromatic rings. The van der Waals surface area contributed by atoms with E-state index >= 15 is 0 Å². The number of rotatable bonds is 6. The second-order valence-electron chi connectivity index (χ2n) is 4.27. The molecule has 0 aliphatic rings. The summed E-state index contributed by atoms with van der Waals surface area (Å²) in [4.78, 5) is 6.67. The minimum Gasteiger partial charge on any atom is -0.385 e. The Bertz CT molecular complexity index is 538. The van der Waals surface area contributed by atoms with E-state index in [2.05, 4.69) is 14.3 Å². The van der Waals surface area contributed by atoms with E-state index in [1.54, 1.807) is 18.4 Å². The molecule has 0 saturated heterocycles. The highest BCUT2D eigenvalue weighted by molar-refractivity contribution is 7.11. The Labute approximate surface area is 121 Å². The average Bonchev–Trinajstić information content (AvgIpc) is 2.95. The molecule has 2 heterocycles. The Morgan fingerprint density at radius 1 is 1.47 bits per heavy atom. The van der Waals surface area contributed by atoms with E-state index in [0.717, 1.165) is 40.8 Å². The molecule has 2 N–H and O–H groups in total. The SMILES string of the molecule is COCCCN(C)c1snc(N)c1-c1csc(C)n1. The normalized spacial score (nSPS) is 10.9. The van der Waals surface area contributed by atoms with E-state index in [-0.39, 0.29) is 0 Å². The summed E-state index contributed by atoms with van der Waals surface area (Å²) < 4.78 is 9.34. The van der Waals surface area contributed by atoms with Gasteiger partial charge in [-0.05, 0) is 24.9 Å². The van der Waals surface area contributed by atoms with Gasteiger partial charge in [0, 0.05) is 32.7 Å². The van der Waals surface area contributed by atoms with Crippen LogP contribution in [0.2, 0.25) is 0 Å². The van der Waals surface area contributed by atoms with E-state index in [1.807, 2.05) is 19.4 Å². The molecule has 7 heteroatoms. The van der Waals surface area contributed by atoms with Crippen molar-refractivity contribution in [1.82, 2.24) is 9.36 Å². The molecule has 0 saturated carbocycles. The van der Waals surface area contributed by atoms with Crippen molar-refractivity contribution in [2.75, 3.05) is 37.9 Å². The van der Waals surface area contributed by atoms with Crippen LogP contribution in [-0.2, 0) is 4.74 Å². The lowest BCUT2D eigenvalue weighted by molar-refractivity contribution is 0.196. The number of methoxy groups -OCH3 is 1. The lowest BCUT2D eigenvalue weighted by atomic mass is 10.2. The third-order valence-corrected chi connectivity index (χ3v) is 4.51. The first kappa shape index (κ1) is 14.2. The summed E-state index contributed by atoms with van der Waals surface area (Å²) >= 11 is 3.05. The Morgan fingerprint density at radius 3 is 2.89 bits per heavy atom. The quantitative estimate of drug-likeness (QED) is 0.831. The van der Waals surface area contributed by atoms with Crippen molar-refractivity contribution in [3.8, 4) is 11.3 Å². The second-order valence-corrected chi connectivity index (χ2v) is 6.08. The molecule has 0 radical (unpaired) electrons. The van der Waals surface area contributed by atoms with Crippen LogP contribution >= 0.6 is 22.9 Å². The predicted octanol–water partition coefficient (Wildman–Crippen LogP) is 2.63. The largest absolute Gasteiger partial charge is 0.385 e. The zero-order valence-corrected chi connectivity index (χ0v) is 13.0. The lowest BCUT2D eigenvalue weighted by Gasteiger charge is -2.17. The number of nitrogen functional groups attached to an aromatic ring is 1. The highest BCUT2D eigenvalue weighted by Crippen LogP contribution is 2.38. The van der Waals surface area contributed by atoms with E-state index in [9.17, 15) is 0 Å². The summed E-state index contributed by atoms with van der Waals surface area (Å²) in [5, 5.41) is 4.13. The van der Waals surface area contributed by atoms with Crippen molar-refractivity contribution in [2.45, 2.75) is 13.3 Å². The zero-order chi connectivity index (χ0) is 13.8. The minimum absolute atomic E-state index is 0.559. The number of hydrogen-bond donors (Lipinski definition) is 1. The third-order valence-electron chi connectivity index (χ3n) is 2.76. The molecule has 0 aliphatic heterocycles. The van der Waals surface area contributed by atoms with Crippen LogP contribution in [0, 0.1) is 6.92 Å². The van der Waals surface area contributed by atoms with Crippen LogP contribution in [0.5, 0.6) is 0 Å². The number of aromatic nitrogens is 2. The fraction of sp³-hybridized carbons (Fsp3) is 0.500. The first-order chi connectivity index (χ1) is 9.13. The van der Waals surface area contributed by atoms with Gasteiger partial charge >= 0.3 is 0 Å². The molecule has 0 spiro atoms. The van der Waals surface area contributed by atoms with Gasteiger partial charge in [-0.15, -0.1) is 11.3 Å². The molecular formula is C12H18N4OS2. The summed E-state index contributed by atoms with van der Waals surface area (Å²) in [7, 11) is 3.76. The van der Waals surface area contributed by atoms with Gasteiger partial charge in [0.05, 0.1) is 16.3 Å². The van der Waals surface area contributed by atoms with Crippen molar-refractivity contribution in [3.63, 3.8) is 0 Å². The summed E-state index contributed by atoms with van der Waals surface area (Å²) in [5.74, 6) is 0.559. The van der Waals surface area contributed by atoms with Crippen molar-refractivity contribution < 1.29 is 4.74 Å². The first-order valence-electron chi connectivity index (χ1n) is 6.01. The van der Waals surface area contributed by atoms with Gasteiger partial charge < -0.3 is 15.4 Å². The number of hydrogen-bond acceptors (Lipinski definition) is 7. The summed E-state index contributed by atoms with van der Waals surface area (Å²) in [6.45, 7) is 3.65. The highest BCUT2D eigenvalue weighted by Gasteiger charge is 2.18. The van der Waals surface area contributed by atoms with Crippen molar-refractivity contribution >= 4 is 33.7 Å². The Kier molecular flexibility index (Phi) is 4.73. The lowest BCUT2D eigenvalue weighted by Crippen LogP contribution is -2.19. The van der Waals surface area contributed by atoms with Gasteiger partial charge in [0.15, 0.2) is 0 Å². The zero-order valence-electron chi connectivity index (χ0n) is 11.3. The second kappa shape index (κ2) is 6.31. The molecule has 0 fully saturated rings. The molecule has 2 rings (SSSR count). The Balaban J connectivity index is 2.22. The van der Waals surface area contributed by atoms with Crippen LogP contribution in [-0.4, -0.2) is 36.7 Å². The van der Waals surface area contributed by atoms with Gasteiger partial charge in [-0.25, -0.2) is 4.98 Å². The number of anilines is 2.